The lowest BCUT2D eigenvalue weighted by molar-refractivity contribution is -0.144. The Morgan fingerprint density at radius 2 is 0.701 bits per heavy atom. The first-order valence-electron chi connectivity index (χ1n) is 34.6. The third kappa shape index (κ3) is 37.5. The van der Waals surface area contributed by atoms with Gasteiger partial charge in [-0.25, -0.2) is 0 Å². The zero-order chi connectivity index (χ0) is 55.5. The number of unbranched alkanes of at least 4 members (excludes halogenated alkanes) is 32. The summed E-state index contributed by atoms with van der Waals surface area (Å²) >= 11 is 0. The molecule has 2 aliphatic rings. The van der Waals surface area contributed by atoms with Crippen LogP contribution in [0.1, 0.15) is 336 Å². The number of aliphatic hydroxyl groups is 1. The number of esters is 1. The summed E-state index contributed by atoms with van der Waals surface area (Å²) in [6.45, 7) is 10.2. The molecular weight excluding hydrogens is 945 g/mol. The van der Waals surface area contributed by atoms with Gasteiger partial charge in [-0.15, -0.1) is 0 Å². The van der Waals surface area contributed by atoms with Crippen LogP contribution in [-0.4, -0.2) is 35.4 Å². The van der Waals surface area contributed by atoms with Gasteiger partial charge < -0.3 is 14.9 Å². The number of carboxylic acids is 1. The minimum Gasteiger partial charge on any atom is -0.481 e. The van der Waals surface area contributed by atoms with Gasteiger partial charge in [0.1, 0.15) is 0 Å². The van der Waals surface area contributed by atoms with E-state index in [1.54, 1.807) is 0 Å². The Kier molecular flexibility index (Phi) is 47.9. The van der Waals surface area contributed by atoms with Crippen LogP contribution in [0.5, 0.6) is 0 Å². The molecule has 2 N–H and O–H groups in total. The van der Waals surface area contributed by atoms with Gasteiger partial charge >= 0.3 is 11.9 Å². The highest BCUT2D eigenvalue weighted by Gasteiger charge is 2.35. The number of rotatable bonds is 55. The van der Waals surface area contributed by atoms with Crippen molar-refractivity contribution in [2.75, 3.05) is 13.2 Å². The summed E-state index contributed by atoms with van der Waals surface area (Å²) in [5.74, 6) is 5.00. The van der Waals surface area contributed by atoms with Crippen molar-refractivity contribution in [1.82, 2.24) is 0 Å². The fourth-order valence-corrected chi connectivity index (χ4v) is 13.4. The van der Waals surface area contributed by atoms with Crippen LogP contribution in [0.4, 0.5) is 0 Å². The summed E-state index contributed by atoms with van der Waals surface area (Å²) in [5, 5.41) is 18.1. The van der Waals surface area contributed by atoms with Crippen molar-refractivity contribution in [3.8, 4) is 0 Å². The highest BCUT2D eigenvalue weighted by Crippen LogP contribution is 2.44. The van der Waals surface area contributed by atoms with Gasteiger partial charge in [0.2, 0.25) is 0 Å². The summed E-state index contributed by atoms with van der Waals surface area (Å²) in [4.78, 5) is 23.6. The lowest BCUT2D eigenvalue weighted by atomic mass is 9.66. The Morgan fingerprint density at radius 1 is 0.377 bits per heavy atom. The van der Waals surface area contributed by atoms with Gasteiger partial charge in [0.15, 0.2) is 0 Å². The minimum atomic E-state index is -0.665. The topological polar surface area (TPSA) is 83.8 Å². The lowest BCUT2D eigenvalue weighted by Crippen LogP contribution is -2.30. The molecule has 5 heteroatoms. The monoisotopic (exact) mass is 1070 g/mol. The number of carbonyl (C=O) groups is 2. The van der Waals surface area contributed by atoms with Crippen molar-refractivity contribution in [2.24, 2.45) is 47.3 Å². The number of ether oxygens (including phenoxy) is 1. The largest absolute Gasteiger partial charge is 0.481 e. The Bertz CT molecular complexity index is 1450. The molecule has 448 valence electrons. The maximum absolute atomic E-state index is 12.6. The van der Waals surface area contributed by atoms with Crippen molar-refractivity contribution >= 4 is 11.9 Å². The Labute approximate surface area is 479 Å². The molecule has 0 radical (unpaired) electrons. The molecule has 0 heterocycles. The lowest BCUT2D eigenvalue weighted by Gasteiger charge is -2.39. The van der Waals surface area contributed by atoms with Gasteiger partial charge in [0, 0.05) is 19.4 Å². The van der Waals surface area contributed by atoms with Crippen LogP contribution in [0.3, 0.4) is 0 Å². The van der Waals surface area contributed by atoms with Gasteiger partial charge in [0.05, 0.1) is 6.61 Å². The zero-order valence-electron chi connectivity index (χ0n) is 51.7. The van der Waals surface area contributed by atoms with Crippen molar-refractivity contribution in [3.63, 3.8) is 0 Å². The molecule has 0 saturated carbocycles. The Morgan fingerprint density at radius 3 is 1.12 bits per heavy atom. The number of hydrogen-bond acceptors (Lipinski definition) is 4. The smallest absolute Gasteiger partial charge is 0.305 e. The third-order valence-electron chi connectivity index (χ3n) is 18.2. The second-order valence-corrected chi connectivity index (χ2v) is 24.9. The molecule has 0 fully saturated rings. The van der Waals surface area contributed by atoms with E-state index in [0.29, 0.717) is 55.6 Å². The highest BCUT2D eigenvalue weighted by atomic mass is 16.5. The Hall–Kier alpha value is -2.14. The maximum Gasteiger partial charge on any atom is 0.305 e. The summed E-state index contributed by atoms with van der Waals surface area (Å²) in [6.07, 6.45) is 79.9. The van der Waals surface area contributed by atoms with Gasteiger partial charge in [-0.1, -0.05) is 282 Å². The summed E-state index contributed by atoms with van der Waals surface area (Å²) in [7, 11) is 0. The number of carboxylic acid groups (broad SMARTS) is 1. The molecule has 0 saturated heterocycles. The van der Waals surface area contributed by atoms with E-state index in [-0.39, 0.29) is 5.97 Å². The third-order valence-corrected chi connectivity index (χ3v) is 18.2. The van der Waals surface area contributed by atoms with Gasteiger partial charge in [-0.3, -0.25) is 9.59 Å². The fraction of sp³-hybridized carbons (Fsp3) is 0.861. The maximum atomic E-state index is 12.6. The van der Waals surface area contributed by atoms with E-state index in [9.17, 15) is 9.59 Å². The first kappa shape index (κ1) is 71.0. The van der Waals surface area contributed by atoms with E-state index in [4.69, 9.17) is 14.9 Å². The van der Waals surface area contributed by atoms with Gasteiger partial charge in [-0.05, 0) is 137 Å². The van der Waals surface area contributed by atoms with E-state index in [0.717, 1.165) is 75.5 Å². The zero-order valence-corrected chi connectivity index (χ0v) is 51.7. The molecule has 8 unspecified atom stereocenters. The van der Waals surface area contributed by atoms with E-state index in [1.165, 1.54) is 238 Å². The molecule has 0 aromatic rings. The van der Waals surface area contributed by atoms with E-state index in [1.807, 2.05) is 0 Å². The first-order valence-corrected chi connectivity index (χ1v) is 34.6. The van der Waals surface area contributed by atoms with E-state index in [2.05, 4.69) is 76.3 Å². The van der Waals surface area contributed by atoms with Crippen molar-refractivity contribution in [1.29, 1.82) is 0 Å². The second kappa shape index (κ2) is 52.0. The van der Waals surface area contributed by atoms with Gasteiger partial charge in [-0.2, -0.15) is 0 Å². The molecule has 0 aromatic carbocycles. The molecule has 0 aliphatic heterocycles. The van der Waals surface area contributed by atoms with Gasteiger partial charge in [0.25, 0.3) is 0 Å². The molecule has 77 heavy (non-hydrogen) atoms. The van der Waals surface area contributed by atoms with Crippen molar-refractivity contribution in [2.45, 2.75) is 336 Å². The van der Waals surface area contributed by atoms with Crippen LogP contribution in [0.2, 0.25) is 0 Å². The fourth-order valence-electron chi connectivity index (χ4n) is 13.4. The highest BCUT2D eigenvalue weighted by molar-refractivity contribution is 5.69. The summed E-state index contributed by atoms with van der Waals surface area (Å²) in [5.41, 5.74) is 0. The first-order chi connectivity index (χ1) is 37.9. The van der Waals surface area contributed by atoms with Crippen LogP contribution in [0.15, 0.2) is 48.6 Å². The summed E-state index contributed by atoms with van der Waals surface area (Å²) < 4.78 is 5.70. The predicted octanol–water partition coefficient (Wildman–Crippen LogP) is 22.6. The number of aliphatic hydroxyl groups excluding tert-OH is 1. The quantitative estimate of drug-likeness (QED) is 0.0360. The number of allylic oxidation sites excluding steroid dienone is 8. The predicted molar refractivity (Wildman–Crippen MR) is 334 cm³/mol. The molecule has 0 amide bonds. The molecule has 0 spiro atoms. The van der Waals surface area contributed by atoms with Crippen LogP contribution < -0.4 is 0 Å². The van der Waals surface area contributed by atoms with Crippen molar-refractivity contribution in [3.05, 3.63) is 48.6 Å². The molecular formula is C72H130O5. The molecule has 0 bridgehead atoms. The standard InChI is InChI=1S/C72H130O5/c1-5-9-13-35-47-63-57-59-65(69(67(63)51-39-15-11-7-3)53-41-29-20-17-18-24-33-45-61-73)49-37-27-23-25-34-46-62-77-72(76)56-44-32-22-19-21-30-42-54-70-66(50-38-28-26-31-43-55-71(74)75)60-58-64(48-36-14-10-6-2)68(70)52-40-16-12-8-4/h41-42,53-54,57-60,63-70,73H,5-40,43-52,55-56,61-62H2,1-4H3,(H,74,75). The minimum absolute atomic E-state index is 0.000343. The van der Waals surface area contributed by atoms with Crippen LogP contribution in [0.25, 0.3) is 0 Å². The van der Waals surface area contributed by atoms with Crippen LogP contribution >= 0.6 is 0 Å². The SMILES string of the molecule is CCCCCCC1C=CC(CCCCCCCCOC(=O)CCCCCCCC=CC2C(CCCCCCCC(=O)O)C=CC(CCCCCC)C2CCCCCC)C(C=CCCCCCCCCO)C1CCCCCC. The van der Waals surface area contributed by atoms with E-state index >= 15 is 0 Å². The molecule has 5 nitrogen and oxygen atoms in total. The molecule has 0 aromatic heterocycles. The van der Waals surface area contributed by atoms with Crippen molar-refractivity contribution < 1.29 is 24.5 Å². The molecule has 2 rings (SSSR count). The molecule has 8 atom stereocenters. The normalized spacial score (nSPS) is 21.5. The molecule has 2 aliphatic carbocycles. The average Bonchev–Trinajstić information content (AvgIpc) is 3.43. The Balaban J connectivity index is 1.73. The van der Waals surface area contributed by atoms with Crippen LogP contribution in [0, 0.1) is 47.3 Å². The number of hydrogen-bond donors (Lipinski definition) is 2. The summed E-state index contributed by atoms with van der Waals surface area (Å²) in [6, 6.07) is 0. The van der Waals surface area contributed by atoms with Crippen LogP contribution in [-0.2, 0) is 14.3 Å². The number of aliphatic carboxylic acids is 1. The average molecular weight is 1080 g/mol. The van der Waals surface area contributed by atoms with E-state index < -0.39 is 5.97 Å². The number of carbonyl (C=O) groups excluding carboxylic acids is 1. The second-order valence-electron chi connectivity index (χ2n) is 24.9.